The molecule has 0 spiro atoms. The van der Waals surface area contributed by atoms with Crippen molar-refractivity contribution in [3.8, 4) is 0 Å². The van der Waals surface area contributed by atoms with Gasteiger partial charge in [0.2, 0.25) is 0 Å². The number of anilines is 1. The Kier molecular flexibility index (Phi) is 4.83. The van der Waals surface area contributed by atoms with Crippen molar-refractivity contribution in [2.24, 2.45) is 0 Å². The fourth-order valence-electron chi connectivity index (χ4n) is 2.08. The third-order valence-electron chi connectivity index (χ3n) is 3.25. The van der Waals surface area contributed by atoms with Gasteiger partial charge >= 0.3 is 0 Å². The zero-order valence-corrected chi connectivity index (χ0v) is 12.6. The van der Waals surface area contributed by atoms with E-state index in [1.807, 2.05) is 6.92 Å². The molecule has 2 heterocycles. The lowest BCUT2D eigenvalue weighted by Gasteiger charge is -2.23. The Morgan fingerprint density at radius 2 is 2.35 bits per heavy atom. The molecule has 1 aromatic heterocycles. The Morgan fingerprint density at radius 1 is 1.55 bits per heavy atom. The van der Waals surface area contributed by atoms with Gasteiger partial charge in [0, 0.05) is 18.7 Å². The van der Waals surface area contributed by atoms with Gasteiger partial charge in [0.25, 0.3) is 5.91 Å². The van der Waals surface area contributed by atoms with Gasteiger partial charge in [-0.25, -0.2) is 4.98 Å². The van der Waals surface area contributed by atoms with E-state index in [-0.39, 0.29) is 11.4 Å². The van der Waals surface area contributed by atoms with Gasteiger partial charge in [0.05, 0.1) is 12.1 Å². The Bertz CT molecular complexity index is 487. The maximum Gasteiger partial charge on any atom is 0.252 e. The lowest BCUT2D eigenvalue weighted by molar-refractivity contribution is 0.0890. The fraction of sp³-hybridized carbons (Fsp3) is 0.571. The largest absolute Gasteiger partial charge is 0.379 e. The van der Waals surface area contributed by atoms with Crippen LogP contribution in [0.3, 0.4) is 0 Å². The van der Waals surface area contributed by atoms with Gasteiger partial charge in [-0.2, -0.15) is 0 Å². The first-order chi connectivity index (χ1) is 9.52. The first kappa shape index (κ1) is 15.1. The average Bonchev–Trinajstić information content (AvgIpc) is 2.82. The highest BCUT2D eigenvalue weighted by Crippen LogP contribution is 2.20. The predicted molar refractivity (Wildman–Crippen MR) is 79.3 cm³/mol. The summed E-state index contributed by atoms with van der Waals surface area (Å²) in [6.07, 6.45) is 1.80. The molecule has 1 saturated heterocycles. The van der Waals surface area contributed by atoms with Crippen LogP contribution in [0.4, 0.5) is 5.82 Å². The molecule has 2 N–H and O–H groups in total. The van der Waals surface area contributed by atoms with Gasteiger partial charge in [0.15, 0.2) is 0 Å². The van der Waals surface area contributed by atoms with Gasteiger partial charge in [-0.1, -0.05) is 18.5 Å². The summed E-state index contributed by atoms with van der Waals surface area (Å²) in [6.45, 7) is 6.05. The highest BCUT2D eigenvalue weighted by Gasteiger charge is 2.31. The maximum atomic E-state index is 12.3. The highest BCUT2D eigenvalue weighted by atomic mass is 35.5. The van der Waals surface area contributed by atoms with Crippen LogP contribution in [0.15, 0.2) is 12.1 Å². The number of nitrogens with one attached hydrogen (secondary N) is 2. The monoisotopic (exact) mass is 297 g/mol. The number of amides is 1. The van der Waals surface area contributed by atoms with E-state index in [0.29, 0.717) is 29.7 Å². The fourth-order valence-corrected chi connectivity index (χ4v) is 2.29. The third-order valence-corrected chi connectivity index (χ3v) is 3.44. The van der Waals surface area contributed by atoms with Crippen LogP contribution in [-0.2, 0) is 4.74 Å². The molecule has 20 heavy (non-hydrogen) atoms. The molecule has 0 aromatic carbocycles. The van der Waals surface area contributed by atoms with Gasteiger partial charge in [0.1, 0.15) is 11.0 Å². The number of hydrogen-bond donors (Lipinski definition) is 2. The molecule has 0 radical (unpaired) electrons. The Labute approximate surface area is 124 Å². The number of aromatic nitrogens is 1. The number of hydrogen-bond acceptors (Lipinski definition) is 4. The maximum absolute atomic E-state index is 12.3. The molecule has 110 valence electrons. The summed E-state index contributed by atoms with van der Waals surface area (Å²) in [7, 11) is 0. The molecule has 1 aliphatic rings. The molecule has 1 fully saturated rings. The molecule has 6 heteroatoms. The Morgan fingerprint density at radius 3 is 3.00 bits per heavy atom. The van der Waals surface area contributed by atoms with Crippen molar-refractivity contribution in [2.75, 3.05) is 25.1 Å². The van der Waals surface area contributed by atoms with E-state index in [0.717, 1.165) is 19.4 Å². The zero-order chi connectivity index (χ0) is 14.6. The van der Waals surface area contributed by atoms with E-state index in [1.54, 1.807) is 12.1 Å². The van der Waals surface area contributed by atoms with Crippen LogP contribution in [0.5, 0.6) is 0 Å². The first-order valence-electron chi connectivity index (χ1n) is 6.84. The van der Waals surface area contributed by atoms with Crippen molar-refractivity contribution in [3.05, 3.63) is 22.8 Å². The van der Waals surface area contributed by atoms with E-state index >= 15 is 0 Å². The minimum atomic E-state index is -0.302. The minimum absolute atomic E-state index is 0.151. The Hall–Kier alpha value is -1.33. The SMILES string of the molecule is CCCNc1cc(C(=O)NC2(C)CCOC2)cc(Cl)n1. The summed E-state index contributed by atoms with van der Waals surface area (Å²) < 4.78 is 5.33. The van der Waals surface area contributed by atoms with Gasteiger partial charge in [-0.15, -0.1) is 0 Å². The van der Waals surface area contributed by atoms with E-state index < -0.39 is 0 Å². The second-order valence-corrected chi connectivity index (χ2v) is 5.70. The second-order valence-electron chi connectivity index (χ2n) is 5.31. The molecule has 0 saturated carbocycles. The van der Waals surface area contributed by atoms with E-state index in [9.17, 15) is 4.79 Å². The summed E-state index contributed by atoms with van der Waals surface area (Å²) in [4.78, 5) is 16.5. The molecule has 1 aromatic rings. The molecule has 5 nitrogen and oxygen atoms in total. The lowest BCUT2D eigenvalue weighted by Crippen LogP contribution is -2.46. The van der Waals surface area contributed by atoms with Crippen LogP contribution in [0, 0.1) is 0 Å². The van der Waals surface area contributed by atoms with Crippen LogP contribution in [0.2, 0.25) is 5.15 Å². The van der Waals surface area contributed by atoms with Crippen molar-refractivity contribution < 1.29 is 9.53 Å². The number of nitrogens with zero attached hydrogens (tertiary/aromatic N) is 1. The summed E-state index contributed by atoms with van der Waals surface area (Å²) in [5.41, 5.74) is 0.209. The van der Waals surface area contributed by atoms with Crippen molar-refractivity contribution >= 4 is 23.3 Å². The average molecular weight is 298 g/mol. The van der Waals surface area contributed by atoms with Crippen molar-refractivity contribution in [1.29, 1.82) is 0 Å². The molecule has 1 aliphatic heterocycles. The summed E-state index contributed by atoms with van der Waals surface area (Å²) in [5, 5.41) is 6.45. The van der Waals surface area contributed by atoms with Crippen LogP contribution in [0.1, 0.15) is 37.0 Å². The van der Waals surface area contributed by atoms with Crippen molar-refractivity contribution in [1.82, 2.24) is 10.3 Å². The molecule has 1 atom stereocenters. The summed E-state index contributed by atoms with van der Waals surface area (Å²) in [6, 6.07) is 3.29. The first-order valence-corrected chi connectivity index (χ1v) is 7.22. The number of rotatable bonds is 5. The smallest absolute Gasteiger partial charge is 0.252 e. The van der Waals surface area contributed by atoms with Gasteiger partial charge in [-0.3, -0.25) is 4.79 Å². The van der Waals surface area contributed by atoms with Gasteiger partial charge < -0.3 is 15.4 Å². The predicted octanol–water partition coefficient (Wildman–Crippen LogP) is 2.47. The lowest BCUT2D eigenvalue weighted by atomic mass is 10.0. The molecular weight excluding hydrogens is 278 g/mol. The van der Waals surface area contributed by atoms with E-state index in [2.05, 4.69) is 22.5 Å². The third kappa shape index (κ3) is 3.84. The quantitative estimate of drug-likeness (QED) is 0.820. The van der Waals surface area contributed by atoms with Crippen LogP contribution in [-0.4, -0.2) is 36.2 Å². The van der Waals surface area contributed by atoms with Crippen LogP contribution in [0.25, 0.3) is 0 Å². The number of carbonyl (C=O) groups is 1. The van der Waals surface area contributed by atoms with Gasteiger partial charge in [-0.05, 0) is 31.9 Å². The molecule has 0 aliphatic carbocycles. The van der Waals surface area contributed by atoms with Crippen LogP contribution < -0.4 is 10.6 Å². The van der Waals surface area contributed by atoms with Crippen molar-refractivity contribution in [2.45, 2.75) is 32.2 Å². The van der Waals surface area contributed by atoms with E-state index in [4.69, 9.17) is 16.3 Å². The van der Waals surface area contributed by atoms with Crippen LogP contribution >= 0.6 is 11.6 Å². The number of ether oxygens (including phenoxy) is 1. The molecular formula is C14H20ClN3O2. The summed E-state index contributed by atoms with van der Waals surface area (Å²) >= 11 is 5.97. The number of halogens is 1. The zero-order valence-electron chi connectivity index (χ0n) is 11.8. The topological polar surface area (TPSA) is 63.2 Å². The standard InChI is InChI=1S/C14H20ClN3O2/c1-3-5-16-12-8-10(7-11(15)17-12)13(19)18-14(2)4-6-20-9-14/h7-8H,3-6,9H2,1-2H3,(H,16,17)(H,18,19). The highest BCUT2D eigenvalue weighted by molar-refractivity contribution is 6.29. The molecule has 2 rings (SSSR count). The summed E-state index contributed by atoms with van der Waals surface area (Å²) in [5.74, 6) is 0.471. The molecule has 1 unspecified atom stereocenters. The number of pyridine rings is 1. The number of carbonyl (C=O) groups excluding carboxylic acids is 1. The second kappa shape index (κ2) is 6.41. The van der Waals surface area contributed by atoms with E-state index in [1.165, 1.54) is 0 Å². The minimum Gasteiger partial charge on any atom is -0.379 e. The molecule has 0 bridgehead atoms. The van der Waals surface area contributed by atoms with Crippen molar-refractivity contribution in [3.63, 3.8) is 0 Å². The molecule has 1 amide bonds. The normalized spacial score (nSPS) is 21.8. The Balaban J connectivity index is 2.10.